The smallest absolute Gasteiger partial charge is 0.0409 e. The Labute approximate surface area is 122 Å². The molecule has 2 nitrogen and oxygen atoms in total. The van der Waals surface area contributed by atoms with Crippen LogP contribution < -0.4 is 5.32 Å². The van der Waals surface area contributed by atoms with Crippen molar-refractivity contribution in [3.63, 3.8) is 0 Å². The zero-order valence-electron chi connectivity index (χ0n) is 12.0. The van der Waals surface area contributed by atoms with Gasteiger partial charge in [0.2, 0.25) is 0 Å². The average molecular weight is 281 g/mol. The van der Waals surface area contributed by atoms with Crippen LogP contribution in [0.15, 0.2) is 24.3 Å². The van der Waals surface area contributed by atoms with Crippen LogP contribution in [0.1, 0.15) is 31.7 Å². The Morgan fingerprint density at radius 3 is 2.84 bits per heavy atom. The normalized spacial score (nSPS) is 22.5. The molecule has 0 heterocycles. The summed E-state index contributed by atoms with van der Waals surface area (Å²) in [6.45, 7) is 5.52. The minimum absolute atomic E-state index is 0.725. The molecule has 3 heteroatoms. The molecule has 1 aliphatic carbocycles. The average Bonchev–Trinajstić information content (AvgIpc) is 2.33. The molecule has 106 valence electrons. The largest absolute Gasteiger partial charge is 0.316 e. The van der Waals surface area contributed by atoms with E-state index in [1.54, 1.807) is 0 Å². The summed E-state index contributed by atoms with van der Waals surface area (Å²) in [6, 6.07) is 8.92. The molecule has 1 N–H and O–H groups in total. The molecule has 1 aliphatic rings. The predicted molar refractivity (Wildman–Crippen MR) is 82.6 cm³/mol. The lowest BCUT2D eigenvalue weighted by molar-refractivity contribution is 0.0782. The van der Waals surface area contributed by atoms with Gasteiger partial charge in [0, 0.05) is 17.6 Å². The summed E-state index contributed by atoms with van der Waals surface area (Å²) >= 11 is 6.04. The third kappa shape index (κ3) is 4.20. The van der Waals surface area contributed by atoms with E-state index >= 15 is 0 Å². The van der Waals surface area contributed by atoms with Gasteiger partial charge in [0.25, 0.3) is 0 Å². The highest BCUT2D eigenvalue weighted by Gasteiger charge is 2.33. The van der Waals surface area contributed by atoms with Crippen LogP contribution in [0.4, 0.5) is 0 Å². The molecule has 1 saturated carbocycles. The quantitative estimate of drug-likeness (QED) is 0.769. The van der Waals surface area contributed by atoms with Crippen molar-refractivity contribution in [3.8, 4) is 0 Å². The first-order chi connectivity index (χ1) is 9.20. The van der Waals surface area contributed by atoms with Crippen molar-refractivity contribution in [2.45, 2.75) is 38.8 Å². The van der Waals surface area contributed by atoms with Crippen LogP contribution in [-0.4, -0.2) is 31.1 Å². The van der Waals surface area contributed by atoms with Crippen LogP contribution in [0.25, 0.3) is 0 Å². The van der Waals surface area contributed by atoms with Crippen molar-refractivity contribution in [2.24, 2.45) is 5.92 Å². The van der Waals surface area contributed by atoms with Crippen molar-refractivity contribution in [2.75, 3.05) is 20.1 Å². The van der Waals surface area contributed by atoms with E-state index in [2.05, 4.69) is 36.3 Å². The van der Waals surface area contributed by atoms with Crippen molar-refractivity contribution in [1.82, 2.24) is 10.2 Å². The van der Waals surface area contributed by atoms with E-state index in [9.17, 15) is 0 Å². The van der Waals surface area contributed by atoms with Gasteiger partial charge in [-0.05, 0) is 63.0 Å². The molecule has 0 bridgehead atoms. The SMILES string of the molecule is CCCNCC1CCC1N(C)Cc1cccc(Cl)c1. The Balaban J connectivity index is 1.81. The van der Waals surface area contributed by atoms with Crippen molar-refractivity contribution in [3.05, 3.63) is 34.9 Å². The summed E-state index contributed by atoms with van der Waals surface area (Å²) < 4.78 is 0. The molecule has 0 aromatic heterocycles. The van der Waals surface area contributed by atoms with Crippen LogP contribution in [0.3, 0.4) is 0 Å². The zero-order valence-corrected chi connectivity index (χ0v) is 12.8. The summed E-state index contributed by atoms with van der Waals surface area (Å²) in [5.74, 6) is 0.815. The summed E-state index contributed by atoms with van der Waals surface area (Å²) in [6.07, 6.45) is 3.91. The van der Waals surface area contributed by atoms with Crippen LogP contribution in [0, 0.1) is 5.92 Å². The van der Waals surface area contributed by atoms with E-state index in [4.69, 9.17) is 11.6 Å². The number of hydrogen-bond donors (Lipinski definition) is 1. The number of nitrogens with one attached hydrogen (secondary N) is 1. The van der Waals surface area contributed by atoms with Gasteiger partial charge in [0.1, 0.15) is 0 Å². The van der Waals surface area contributed by atoms with Gasteiger partial charge in [-0.3, -0.25) is 4.90 Å². The maximum atomic E-state index is 6.04. The summed E-state index contributed by atoms with van der Waals surface area (Å²) in [5.41, 5.74) is 1.31. The van der Waals surface area contributed by atoms with E-state index < -0.39 is 0 Å². The fraction of sp³-hybridized carbons (Fsp3) is 0.625. The Hall–Kier alpha value is -0.570. The van der Waals surface area contributed by atoms with E-state index in [0.29, 0.717) is 0 Å². The first-order valence-corrected chi connectivity index (χ1v) is 7.74. The molecule has 19 heavy (non-hydrogen) atoms. The van der Waals surface area contributed by atoms with Gasteiger partial charge in [0.15, 0.2) is 0 Å². The summed E-state index contributed by atoms with van der Waals surface area (Å²) in [5, 5.41) is 4.38. The molecule has 0 saturated heterocycles. The molecule has 2 atom stereocenters. The lowest BCUT2D eigenvalue weighted by Gasteiger charge is -2.43. The molecule has 1 aromatic carbocycles. The standard InChI is InChI=1S/C16H25ClN2/c1-3-9-18-11-14-7-8-16(14)19(2)12-13-5-4-6-15(17)10-13/h4-6,10,14,16,18H,3,7-9,11-12H2,1-2H3. The molecule has 1 fully saturated rings. The van der Waals surface area contributed by atoms with E-state index in [1.165, 1.54) is 31.4 Å². The number of hydrogen-bond acceptors (Lipinski definition) is 2. The Morgan fingerprint density at radius 2 is 2.21 bits per heavy atom. The van der Waals surface area contributed by atoms with E-state index in [1.807, 2.05) is 12.1 Å². The summed E-state index contributed by atoms with van der Waals surface area (Å²) in [7, 11) is 2.23. The van der Waals surface area contributed by atoms with Crippen molar-refractivity contribution in [1.29, 1.82) is 0 Å². The highest BCUT2D eigenvalue weighted by atomic mass is 35.5. The molecule has 0 amide bonds. The molecule has 2 rings (SSSR count). The van der Waals surface area contributed by atoms with Gasteiger partial charge in [-0.2, -0.15) is 0 Å². The second-order valence-corrected chi connectivity index (χ2v) is 6.09. The maximum Gasteiger partial charge on any atom is 0.0409 e. The zero-order chi connectivity index (χ0) is 13.7. The Kier molecular flexibility index (Phi) is 5.68. The second kappa shape index (κ2) is 7.28. The molecule has 1 aromatic rings. The maximum absolute atomic E-state index is 6.04. The lowest BCUT2D eigenvalue weighted by atomic mass is 9.78. The minimum Gasteiger partial charge on any atom is -0.316 e. The third-order valence-corrected chi connectivity index (χ3v) is 4.33. The van der Waals surface area contributed by atoms with E-state index in [0.717, 1.165) is 30.1 Å². The fourth-order valence-corrected chi connectivity index (χ4v) is 3.09. The van der Waals surface area contributed by atoms with Crippen LogP contribution in [0.5, 0.6) is 0 Å². The van der Waals surface area contributed by atoms with Gasteiger partial charge in [0.05, 0.1) is 0 Å². The Morgan fingerprint density at radius 1 is 1.37 bits per heavy atom. The predicted octanol–water partition coefficient (Wildman–Crippen LogP) is 3.55. The topological polar surface area (TPSA) is 15.3 Å². The monoisotopic (exact) mass is 280 g/mol. The van der Waals surface area contributed by atoms with Crippen LogP contribution >= 0.6 is 11.6 Å². The third-order valence-electron chi connectivity index (χ3n) is 4.10. The highest BCUT2D eigenvalue weighted by molar-refractivity contribution is 6.30. The van der Waals surface area contributed by atoms with E-state index in [-0.39, 0.29) is 0 Å². The number of nitrogens with zero attached hydrogens (tertiary/aromatic N) is 1. The molecular formula is C16H25ClN2. The highest BCUT2D eigenvalue weighted by Crippen LogP contribution is 2.31. The first-order valence-electron chi connectivity index (χ1n) is 7.36. The van der Waals surface area contributed by atoms with Crippen molar-refractivity contribution >= 4 is 11.6 Å². The number of halogens is 1. The minimum atomic E-state index is 0.725. The summed E-state index contributed by atoms with van der Waals surface area (Å²) in [4.78, 5) is 2.48. The Bertz CT molecular complexity index is 394. The van der Waals surface area contributed by atoms with Gasteiger partial charge in [-0.15, -0.1) is 0 Å². The lowest BCUT2D eigenvalue weighted by Crippen LogP contribution is -2.48. The molecular weight excluding hydrogens is 256 g/mol. The van der Waals surface area contributed by atoms with Crippen molar-refractivity contribution < 1.29 is 0 Å². The van der Waals surface area contributed by atoms with Crippen LogP contribution in [-0.2, 0) is 6.54 Å². The molecule has 0 spiro atoms. The molecule has 2 unspecified atom stereocenters. The van der Waals surface area contributed by atoms with Crippen LogP contribution in [0.2, 0.25) is 5.02 Å². The second-order valence-electron chi connectivity index (χ2n) is 5.65. The number of rotatable bonds is 7. The fourth-order valence-electron chi connectivity index (χ4n) is 2.87. The number of benzene rings is 1. The molecule has 0 radical (unpaired) electrons. The molecule has 0 aliphatic heterocycles. The van der Waals surface area contributed by atoms with Gasteiger partial charge in [-0.1, -0.05) is 30.7 Å². The van der Waals surface area contributed by atoms with Gasteiger partial charge >= 0.3 is 0 Å². The van der Waals surface area contributed by atoms with Gasteiger partial charge < -0.3 is 5.32 Å². The first kappa shape index (κ1) is 14.8. The van der Waals surface area contributed by atoms with Gasteiger partial charge in [-0.25, -0.2) is 0 Å².